The Morgan fingerprint density at radius 3 is 2.68 bits per heavy atom. The maximum Gasteiger partial charge on any atom is 0.119 e. The Labute approximate surface area is 205 Å². The van der Waals surface area contributed by atoms with E-state index in [-0.39, 0.29) is 12.0 Å². The number of methoxy groups -OCH3 is 1. The lowest BCUT2D eigenvalue weighted by Gasteiger charge is -2.40. The van der Waals surface area contributed by atoms with E-state index in [0.29, 0.717) is 35.7 Å². The van der Waals surface area contributed by atoms with Gasteiger partial charge in [0.05, 0.1) is 30.3 Å². The number of likely N-dealkylation sites (tertiary alicyclic amines) is 1. The minimum Gasteiger partial charge on any atom is -0.497 e. The summed E-state index contributed by atoms with van der Waals surface area (Å²) in [4.78, 5) is 10.7. The van der Waals surface area contributed by atoms with Gasteiger partial charge < -0.3 is 14.9 Å². The van der Waals surface area contributed by atoms with Gasteiger partial charge in [-0.2, -0.15) is 0 Å². The van der Waals surface area contributed by atoms with E-state index >= 15 is 0 Å². The summed E-state index contributed by atoms with van der Waals surface area (Å²) >= 11 is 6.46. The van der Waals surface area contributed by atoms with Crippen LogP contribution in [-0.2, 0) is 0 Å². The molecule has 1 fully saturated rings. The normalized spacial score (nSPS) is 16.6. The molecule has 6 nitrogen and oxygen atoms in total. The van der Waals surface area contributed by atoms with Crippen LogP contribution in [0.3, 0.4) is 0 Å². The van der Waals surface area contributed by atoms with E-state index in [0.717, 1.165) is 42.4 Å². The van der Waals surface area contributed by atoms with Gasteiger partial charge in [0.25, 0.3) is 0 Å². The minimum atomic E-state index is -0.752. The van der Waals surface area contributed by atoms with Crippen molar-refractivity contribution < 1.29 is 14.9 Å². The second kappa shape index (κ2) is 11.2. The summed E-state index contributed by atoms with van der Waals surface area (Å²) in [6.07, 6.45) is 7.28. The van der Waals surface area contributed by atoms with Gasteiger partial charge in [-0.1, -0.05) is 23.4 Å². The Bertz CT molecular complexity index is 1170. The number of aliphatic hydroxyl groups excluding tert-OH is 2. The number of halogens is 1. The zero-order chi connectivity index (χ0) is 24.0. The van der Waals surface area contributed by atoms with E-state index in [1.54, 1.807) is 25.7 Å². The Hall–Kier alpha value is -2.69. The van der Waals surface area contributed by atoms with Crippen LogP contribution < -0.4 is 4.74 Å². The van der Waals surface area contributed by atoms with Crippen LogP contribution in [0.4, 0.5) is 0 Å². The highest BCUT2D eigenvalue weighted by Crippen LogP contribution is 2.40. The summed E-state index contributed by atoms with van der Waals surface area (Å²) in [5, 5.41) is 22.6. The minimum absolute atomic E-state index is 0.106. The number of pyridine rings is 2. The van der Waals surface area contributed by atoms with Crippen LogP contribution in [0, 0.1) is 17.3 Å². The van der Waals surface area contributed by atoms with Gasteiger partial charge in [-0.15, -0.1) is 0 Å². The summed E-state index contributed by atoms with van der Waals surface area (Å²) in [7, 11) is 1.61. The van der Waals surface area contributed by atoms with Crippen molar-refractivity contribution in [2.24, 2.45) is 5.41 Å². The zero-order valence-corrected chi connectivity index (χ0v) is 20.1. The van der Waals surface area contributed by atoms with E-state index < -0.39 is 6.10 Å². The number of nitrogens with zero attached hydrogens (tertiary/aromatic N) is 3. The van der Waals surface area contributed by atoms with Crippen molar-refractivity contribution >= 4 is 22.5 Å². The molecule has 1 aliphatic rings. The van der Waals surface area contributed by atoms with Crippen LogP contribution in [0.15, 0.2) is 48.9 Å². The van der Waals surface area contributed by atoms with Gasteiger partial charge in [0.1, 0.15) is 5.75 Å². The highest BCUT2D eigenvalue weighted by molar-refractivity contribution is 6.32. The summed E-state index contributed by atoms with van der Waals surface area (Å²) in [6.45, 7) is 2.55. The first-order chi connectivity index (χ1) is 16.5. The number of hydrogen-bond acceptors (Lipinski definition) is 6. The molecule has 2 N–H and O–H groups in total. The molecule has 0 amide bonds. The fourth-order valence-corrected chi connectivity index (χ4v) is 4.86. The van der Waals surface area contributed by atoms with Crippen LogP contribution >= 0.6 is 11.6 Å². The maximum atomic E-state index is 11.1. The molecule has 0 aliphatic carbocycles. The SMILES string of the molecule is COc1ccc2ncc(Cl)c([C@H](O)CCC3(CO)CCN(CC#Cc4ccncc4)CC3)c2c1. The number of aliphatic hydroxyl groups is 2. The molecule has 3 heterocycles. The molecule has 1 saturated heterocycles. The van der Waals surface area contributed by atoms with Crippen molar-refractivity contribution in [2.45, 2.75) is 31.8 Å². The zero-order valence-electron chi connectivity index (χ0n) is 19.4. The quantitative estimate of drug-likeness (QED) is 0.494. The first-order valence-corrected chi connectivity index (χ1v) is 11.9. The monoisotopic (exact) mass is 479 g/mol. The summed E-state index contributed by atoms with van der Waals surface area (Å²) < 4.78 is 5.35. The number of aromatic nitrogens is 2. The third-order valence-electron chi connectivity index (χ3n) is 6.82. The molecule has 3 aromatic rings. The highest BCUT2D eigenvalue weighted by Gasteiger charge is 2.34. The van der Waals surface area contributed by atoms with Crippen molar-refractivity contribution in [1.29, 1.82) is 0 Å². The van der Waals surface area contributed by atoms with E-state index in [1.807, 2.05) is 30.3 Å². The van der Waals surface area contributed by atoms with Crippen molar-refractivity contribution in [3.05, 3.63) is 65.1 Å². The van der Waals surface area contributed by atoms with Gasteiger partial charge in [-0.05, 0) is 74.5 Å². The summed E-state index contributed by atoms with van der Waals surface area (Å²) in [5.74, 6) is 7.10. The van der Waals surface area contributed by atoms with Crippen LogP contribution in [-0.4, -0.2) is 58.4 Å². The fourth-order valence-electron chi connectivity index (χ4n) is 4.58. The van der Waals surface area contributed by atoms with E-state index in [2.05, 4.69) is 26.7 Å². The van der Waals surface area contributed by atoms with Crippen LogP contribution in [0.5, 0.6) is 5.75 Å². The third-order valence-corrected chi connectivity index (χ3v) is 7.12. The lowest BCUT2D eigenvalue weighted by atomic mass is 9.74. The van der Waals surface area contributed by atoms with Crippen molar-refractivity contribution in [3.63, 3.8) is 0 Å². The van der Waals surface area contributed by atoms with Crippen LogP contribution in [0.25, 0.3) is 10.9 Å². The Balaban J connectivity index is 1.38. The van der Waals surface area contributed by atoms with Gasteiger partial charge in [0, 0.05) is 41.7 Å². The fraction of sp³-hybridized carbons (Fsp3) is 0.407. The molecular weight excluding hydrogens is 450 g/mol. The summed E-state index contributed by atoms with van der Waals surface area (Å²) in [5.41, 5.74) is 2.19. The van der Waals surface area contributed by atoms with E-state index in [1.165, 1.54) is 0 Å². The van der Waals surface area contributed by atoms with Gasteiger partial charge in [0.2, 0.25) is 0 Å². The number of ether oxygens (including phenoxy) is 1. The van der Waals surface area contributed by atoms with E-state index in [4.69, 9.17) is 16.3 Å². The van der Waals surface area contributed by atoms with E-state index in [9.17, 15) is 10.2 Å². The molecule has 2 aromatic heterocycles. The predicted molar refractivity (Wildman–Crippen MR) is 134 cm³/mol. The van der Waals surface area contributed by atoms with Crippen molar-refractivity contribution in [1.82, 2.24) is 14.9 Å². The smallest absolute Gasteiger partial charge is 0.119 e. The molecule has 0 saturated carbocycles. The first-order valence-electron chi connectivity index (χ1n) is 11.6. The number of rotatable bonds is 7. The average molecular weight is 480 g/mol. The molecule has 34 heavy (non-hydrogen) atoms. The second-order valence-corrected chi connectivity index (χ2v) is 9.34. The van der Waals surface area contributed by atoms with Gasteiger partial charge in [-0.25, -0.2) is 0 Å². The lowest BCUT2D eigenvalue weighted by molar-refractivity contribution is 0.0273. The molecule has 7 heteroatoms. The number of hydrogen-bond donors (Lipinski definition) is 2. The molecule has 0 radical (unpaired) electrons. The molecule has 1 aromatic carbocycles. The lowest BCUT2D eigenvalue weighted by Crippen LogP contribution is -2.42. The Morgan fingerprint density at radius 1 is 1.21 bits per heavy atom. The van der Waals surface area contributed by atoms with Gasteiger partial charge in [0.15, 0.2) is 0 Å². The molecule has 0 unspecified atom stereocenters. The highest BCUT2D eigenvalue weighted by atomic mass is 35.5. The molecule has 1 aliphatic heterocycles. The maximum absolute atomic E-state index is 11.1. The second-order valence-electron chi connectivity index (χ2n) is 8.93. The van der Waals surface area contributed by atoms with Crippen LogP contribution in [0.2, 0.25) is 5.02 Å². The molecular formula is C27H30ClN3O3. The number of fused-ring (bicyclic) bond motifs is 1. The number of piperidine rings is 1. The summed E-state index contributed by atoms with van der Waals surface area (Å²) in [6, 6.07) is 9.37. The van der Waals surface area contributed by atoms with Gasteiger partial charge in [-0.3, -0.25) is 14.9 Å². The molecule has 0 bridgehead atoms. The third kappa shape index (κ3) is 5.68. The van der Waals surface area contributed by atoms with Crippen molar-refractivity contribution in [3.8, 4) is 17.6 Å². The average Bonchev–Trinajstić information content (AvgIpc) is 2.88. The Morgan fingerprint density at radius 2 is 1.97 bits per heavy atom. The van der Waals surface area contributed by atoms with Crippen molar-refractivity contribution in [2.75, 3.05) is 33.4 Å². The molecule has 1 atom stereocenters. The largest absolute Gasteiger partial charge is 0.497 e. The number of benzene rings is 1. The standard InChI is InChI=1S/C27H30ClN3O3/c1-34-21-4-5-24-22(17-21)26(23(28)18-30-24)25(33)6-9-27(19-32)10-15-31(16-11-27)14-2-3-20-7-12-29-13-8-20/h4-5,7-8,12-13,17-18,25,32-33H,6,9-11,14-16,19H2,1H3/t25-/m1/s1. The Kier molecular flexibility index (Phi) is 8.02. The van der Waals surface area contributed by atoms with Gasteiger partial charge >= 0.3 is 0 Å². The predicted octanol–water partition coefficient (Wildman–Crippen LogP) is 4.23. The van der Waals surface area contributed by atoms with Crippen LogP contribution in [0.1, 0.15) is 42.9 Å². The molecule has 178 valence electrons. The topological polar surface area (TPSA) is 78.7 Å². The first kappa shape index (κ1) is 24.4. The molecule has 4 rings (SSSR count). The molecule has 0 spiro atoms.